The molecule has 2 aromatic heterocycles. The van der Waals surface area contributed by atoms with Crippen LogP contribution in [0.1, 0.15) is 22.1 Å². The van der Waals surface area contributed by atoms with Crippen molar-refractivity contribution in [3.63, 3.8) is 0 Å². The van der Waals surface area contributed by atoms with Gasteiger partial charge in [0.05, 0.1) is 5.56 Å². The van der Waals surface area contributed by atoms with Gasteiger partial charge in [-0.2, -0.15) is 4.98 Å². The second kappa shape index (κ2) is 5.63. The highest BCUT2D eigenvalue weighted by Crippen LogP contribution is 2.18. The zero-order valence-corrected chi connectivity index (χ0v) is 10.7. The molecular weight excluding hydrogens is 254 g/mol. The quantitative estimate of drug-likeness (QED) is 0.616. The molecule has 0 saturated carbocycles. The number of aryl methyl sites for hydroxylation is 1. The smallest absolute Gasteiger partial charge is 0.341 e. The van der Waals surface area contributed by atoms with E-state index in [4.69, 9.17) is 9.26 Å². The third kappa shape index (κ3) is 2.86. The predicted molar refractivity (Wildman–Crippen MR) is 64.2 cm³/mol. The fourth-order valence-corrected chi connectivity index (χ4v) is 1.85. The first kappa shape index (κ1) is 12.6. The Labute approximate surface area is 108 Å². The lowest BCUT2D eigenvalue weighted by Crippen LogP contribution is -2.07. The number of carbonyl (C=O) groups excluding carboxylic acids is 1. The fourth-order valence-electron chi connectivity index (χ4n) is 1.31. The maximum Gasteiger partial charge on any atom is 0.341 e. The van der Waals surface area contributed by atoms with Crippen LogP contribution in [0.15, 0.2) is 27.9 Å². The summed E-state index contributed by atoms with van der Waals surface area (Å²) in [6.07, 6.45) is 3.48. The molecule has 2 heterocycles. The third-order valence-electron chi connectivity index (χ3n) is 2.08. The number of esters is 1. The number of hydrogen-bond acceptors (Lipinski definition) is 7. The largest absolute Gasteiger partial charge is 0.452 e. The van der Waals surface area contributed by atoms with Crippen molar-refractivity contribution in [3.05, 3.63) is 35.6 Å². The number of pyridine rings is 1. The highest BCUT2D eigenvalue weighted by molar-refractivity contribution is 7.98. The summed E-state index contributed by atoms with van der Waals surface area (Å²) in [5.74, 6) is 0.325. The van der Waals surface area contributed by atoms with Gasteiger partial charge in [-0.25, -0.2) is 9.78 Å². The van der Waals surface area contributed by atoms with E-state index in [1.54, 1.807) is 25.3 Å². The monoisotopic (exact) mass is 265 g/mol. The molecule has 94 valence electrons. The number of nitrogens with zero attached hydrogens (tertiary/aromatic N) is 3. The van der Waals surface area contributed by atoms with Crippen molar-refractivity contribution >= 4 is 17.7 Å². The van der Waals surface area contributed by atoms with E-state index in [0.717, 1.165) is 0 Å². The van der Waals surface area contributed by atoms with Gasteiger partial charge < -0.3 is 9.26 Å². The summed E-state index contributed by atoms with van der Waals surface area (Å²) in [5, 5.41) is 4.24. The minimum Gasteiger partial charge on any atom is -0.452 e. The number of ether oxygens (including phenoxy) is 1. The molecular formula is C11H11N3O3S. The average Bonchev–Trinajstić information content (AvgIpc) is 2.81. The molecule has 6 nitrogen and oxygen atoms in total. The second-order valence-corrected chi connectivity index (χ2v) is 4.17. The van der Waals surface area contributed by atoms with Crippen LogP contribution in [-0.4, -0.2) is 27.3 Å². The minimum atomic E-state index is -0.455. The molecule has 0 unspecified atom stereocenters. The van der Waals surface area contributed by atoms with Gasteiger partial charge in [0.25, 0.3) is 5.89 Å². The van der Waals surface area contributed by atoms with Gasteiger partial charge in [0.1, 0.15) is 5.03 Å². The molecule has 0 radical (unpaired) electrons. The summed E-state index contributed by atoms with van der Waals surface area (Å²) in [7, 11) is 0. The number of thioether (sulfide) groups is 1. The zero-order valence-electron chi connectivity index (χ0n) is 9.91. The summed E-state index contributed by atoms with van der Waals surface area (Å²) in [6, 6.07) is 3.35. The first-order valence-corrected chi connectivity index (χ1v) is 6.38. The lowest BCUT2D eigenvalue weighted by atomic mass is 10.3. The van der Waals surface area contributed by atoms with Crippen molar-refractivity contribution in [3.8, 4) is 0 Å². The number of aromatic nitrogens is 3. The van der Waals surface area contributed by atoms with Crippen LogP contribution < -0.4 is 0 Å². The molecule has 0 aliphatic carbocycles. The van der Waals surface area contributed by atoms with Crippen molar-refractivity contribution in [1.82, 2.24) is 15.1 Å². The molecule has 0 fully saturated rings. The molecule has 18 heavy (non-hydrogen) atoms. The van der Waals surface area contributed by atoms with E-state index in [1.165, 1.54) is 11.8 Å². The van der Waals surface area contributed by atoms with Crippen LogP contribution in [0, 0.1) is 6.92 Å². The molecule has 0 bridgehead atoms. The highest BCUT2D eigenvalue weighted by atomic mass is 32.2. The Balaban J connectivity index is 2.03. The Kier molecular flexibility index (Phi) is 3.93. The fraction of sp³-hybridized carbons (Fsp3) is 0.273. The second-order valence-electron chi connectivity index (χ2n) is 3.37. The summed E-state index contributed by atoms with van der Waals surface area (Å²) < 4.78 is 9.93. The zero-order chi connectivity index (χ0) is 13.0. The predicted octanol–water partition coefficient (Wildman–Crippen LogP) is 1.85. The van der Waals surface area contributed by atoms with Gasteiger partial charge in [-0.3, -0.25) is 0 Å². The van der Waals surface area contributed by atoms with Crippen molar-refractivity contribution < 1.29 is 14.1 Å². The minimum absolute atomic E-state index is 0.0393. The van der Waals surface area contributed by atoms with Crippen LogP contribution in [0.25, 0.3) is 0 Å². The lowest BCUT2D eigenvalue weighted by molar-refractivity contribution is 0.0425. The summed E-state index contributed by atoms with van der Waals surface area (Å²) in [6.45, 7) is 1.66. The van der Waals surface area contributed by atoms with Gasteiger partial charge in [-0.05, 0) is 25.3 Å². The van der Waals surface area contributed by atoms with Crippen LogP contribution in [-0.2, 0) is 11.3 Å². The van der Waals surface area contributed by atoms with E-state index in [9.17, 15) is 4.79 Å². The molecule has 0 N–H and O–H groups in total. The number of hydrogen-bond donors (Lipinski definition) is 0. The molecule has 0 aromatic carbocycles. The van der Waals surface area contributed by atoms with Gasteiger partial charge in [0.15, 0.2) is 12.4 Å². The van der Waals surface area contributed by atoms with Crippen LogP contribution in [0.4, 0.5) is 0 Å². The van der Waals surface area contributed by atoms with E-state index in [2.05, 4.69) is 15.1 Å². The Morgan fingerprint density at radius 3 is 3.06 bits per heavy atom. The van der Waals surface area contributed by atoms with Crippen molar-refractivity contribution in [2.45, 2.75) is 18.6 Å². The molecule has 2 aromatic rings. The van der Waals surface area contributed by atoms with Crippen LogP contribution in [0.5, 0.6) is 0 Å². The number of rotatable bonds is 4. The van der Waals surface area contributed by atoms with Gasteiger partial charge in [0.2, 0.25) is 0 Å². The van der Waals surface area contributed by atoms with Gasteiger partial charge in [-0.1, -0.05) is 5.16 Å². The highest BCUT2D eigenvalue weighted by Gasteiger charge is 2.14. The Bertz CT molecular complexity index is 556. The molecule has 0 spiro atoms. The first-order valence-electron chi connectivity index (χ1n) is 5.16. The van der Waals surface area contributed by atoms with Crippen LogP contribution >= 0.6 is 11.8 Å². The number of carbonyl (C=O) groups is 1. The Hall–Kier alpha value is -1.89. The van der Waals surface area contributed by atoms with Crippen molar-refractivity contribution in [1.29, 1.82) is 0 Å². The molecule has 2 rings (SSSR count). The molecule has 0 aliphatic heterocycles. The molecule has 0 saturated heterocycles. The molecule has 7 heteroatoms. The van der Waals surface area contributed by atoms with Crippen LogP contribution in [0.2, 0.25) is 0 Å². The summed E-state index contributed by atoms with van der Waals surface area (Å²) in [5.41, 5.74) is 0.432. The van der Waals surface area contributed by atoms with Gasteiger partial charge in [0, 0.05) is 6.20 Å². The standard InChI is InChI=1S/C11H11N3O3S/c1-7-13-9(17-14-7)6-16-11(15)8-4-3-5-12-10(8)18-2/h3-5H,6H2,1-2H3. The molecule has 0 amide bonds. The summed E-state index contributed by atoms with van der Waals surface area (Å²) >= 11 is 1.39. The SMILES string of the molecule is CSc1ncccc1C(=O)OCc1nc(C)no1. The maximum atomic E-state index is 11.8. The van der Waals surface area contributed by atoms with E-state index < -0.39 is 5.97 Å². The summed E-state index contributed by atoms with van der Waals surface area (Å²) in [4.78, 5) is 19.9. The van der Waals surface area contributed by atoms with E-state index >= 15 is 0 Å². The molecule has 0 atom stereocenters. The van der Waals surface area contributed by atoms with Crippen molar-refractivity contribution in [2.75, 3.05) is 6.26 Å². The third-order valence-corrected chi connectivity index (χ3v) is 2.79. The lowest BCUT2D eigenvalue weighted by Gasteiger charge is -2.04. The van der Waals surface area contributed by atoms with Crippen molar-refractivity contribution in [2.24, 2.45) is 0 Å². The molecule has 0 aliphatic rings. The van der Waals surface area contributed by atoms with Crippen LogP contribution in [0.3, 0.4) is 0 Å². The maximum absolute atomic E-state index is 11.8. The Morgan fingerprint density at radius 1 is 1.56 bits per heavy atom. The topological polar surface area (TPSA) is 78.1 Å². The average molecular weight is 265 g/mol. The Morgan fingerprint density at radius 2 is 2.39 bits per heavy atom. The van der Waals surface area contributed by atoms with Gasteiger partial charge >= 0.3 is 5.97 Å². The first-order chi connectivity index (χ1) is 8.70. The normalized spacial score (nSPS) is 10.3. The van der Waals surface area contributed by atoms with E-state index in [1.807, 2.05) is 6.26 Å². The van der Waals surface area contributed by atoms with E-state index in [0.29, 0.717) is 16.4 Å². The van der Waals surface area contributed by atoms with E-state index in [-0.39, 0.29) is 12.5 Å². The van der Waals surface area contributed by atoms with Gasteiger partial charge in [-0.15, -0.1) is 11.8 Å².